The van der Waals surface area contributed by atoms with Gasteiger partial charge in [-0.3, -0.25) is 9.89 Å². The number of benzene rings is 1. The molecule has 4 heterocycles. The molecule has 1 saturated heterocycles. The summed E-state index contributed by atoms with van der Waals surface area (Å²) in [6.45, 7) is 8.24. The van der Waals surface area contributed by atoms with Gasteiger partial charge in [0, 0.05) is 53.8 Å². The Labute approximate surface area is 196 Å². The topological polar surface area (TPSA) is 116 Å². The van der Waals surface area contributed by atoms with E-state index in [-0.39, 0.29) is 11.8 Å². The molecular formula is C25H26N6O3. The number of morpholine rings is 1. The number of pyridine rings is 2. The first-order chi connectivity index (χ1) is 16.4. The van der Waals surface area contributed by atoms with Gasteiger partial charge in [-0.05, 0) is 50.1 Å². The lowest BCUT2D eigenvalue weighted by Gasteiger charge is -2.29. The maximum atomic E-state index is 13.6. The summed E-state index contributed by atoms with van der Waals surface area (Å²) in [6.07, 6.45) is 3.59. The number of hydrogen-bond donors (Lipinski definition) is 3. The Morgan fingerprint density at radius 2 is 1.91 bits per heavy atom. The van der Waals surface area contributed by atoms with Crippen LogP contribution in [-0.2, 0) is 4.74 Å². The number of aromatic nitrogens is 4. The van der Waals surface area contributed by atoms with E-state index in [1.165, 1.54) is 0 Å². The molecule has 0 bridgehead atoms. The molecule has 34 heavy (non-hydrogen) atoms. The lowest BCUT2D eigenvalue weighted by molar-refractivity contribution is 0.102. The number of carbonyl (C=O) groups is 1. The Kier molecular flexibility index (Phi) is 5.62. The minimum atomic E-state index is -0.246. The Bertz CT molecular complexity index is 1390. The van der Waals surface area contributed by atoms with Gasteiger partial charge in [0.1, 0.15) is 5.82 Å². The van der Waals surface area contributed by atoms with Crippen LogP contribution in [0.1, 0.15) is 27.2 Å². The number of aromatic hydroxyl groups is 1. The molecule has 9 nitrogen and oxygen atoms in total. The highest BCUT2D eigenvalue weighted by molar-refractivity contribution is 6.09. The van der Waals surface area contributed by atoms with Crippen molar-refractivity contribution in [1.29, 1.82) is 0 Å². The molecule has 1 fully saturated rings. The normalized spacial score (nSPS) is 13.9. The molecule has 0 saturated carbocycles. The summed E-state index contributed by atoms with van der Waals surface area (Å²) in [6, 6.07) is 7.24. The van der Waals surface area contributed by atoms with Gasteiger partial charge in [-0.2, -0.15) is 5.10 Å². The summed E-state index contributed by atoms with van der Waals surface area (Å²) in [7, 11) is 0. The molecule has 0 aliphatic carbocycles. The largest absolute Gasteiger partial charge is 0.493 e. The van der Waals surface area contributed by atoms with Gasteiger partial charge in [-0.15, -0.1) is 0 Å². The van der Waals surface area contributed by atoms with Gasteiger partial charge < -0.3 is 20.1 Å². The zero-order valence-corrected chi connectivity index (χ0v) is 19.3. The number of carbonyl (C=O) groups excluding carboxylic acids is 1. The van der Waals surface area contributed by atoms with E-state index in [0.717, 1.165) is 33.3 Å². The van der Waals surface area contributed by atoms with Crippen LogP contribution in [0.2, 0.25) is 0 Å². The summed E-state index contributed by atoms with van der Waals surface area (Å²) >= 11 is 0. The number of nitrogens with one attached hydrogen (secondary N) is 2. The zero-order valence-electron chi connectivity index (χ0n) is 19.3. The molecule has 3 N–H and O–H groups in total. The zero-order chi connectivity index (χ0) is 23.8. The average Bonchev–Trinajstić information content (AvgIpc) is 3.26. The molecule has 0 spiro atoms. The Balaban J connectivity index is 1.55. The van der Waals surface area contributed by atoms with E-state index in [2.05, 4.69) is 30.4 Å². The fourth-order valence-electron chi connectivity index (χ4n) is 4.30. The first kappa shape index (κ1) is 21.8. The number of aromatic amines is 1. The second-order valence-corrected chi connectivity index (χ2v) is 8.51. The van der Waals surface area contributed by atoms with Gasteiger partial charge in [0.15, 0.2) is 0 Å². The fraction of sp³-hybridized carbons (Fsp3) is 0.280. The number of H-pyrrole nitrogens is 1. The summed E-state index contributed by atoms with van der Waals surface area (Å²) in [4.78, 5) is 24.6. The third-order valence-electron chi connectivity index (χ3n) is 6.16. The summed E-state index contributed by atoms with van der Waals surface area (Å²) in [5.41, 5.74) is 6.14. The third-order valence-corrected chi connectivity index (χ3v) is 6.16. The Morgan fingerprint density at radius 3 is 2.65 bits per heavy atom. The average molecular weight is 459 g/mol. The number of rotatable bonds is 4. The second kappa shape index (κ2) is 8.75. The third kappa shape index (κ3) is 4.06. The minimum absolute atomic E-state index is 0.0197. The van der Waals surface area contributed by atoms with Crippen LogP contribution in [0.15, 0.2) is 36.7 Å². The van der Waals surface area contributed by atoms with E-state index in [1.54, 1.807) is 18.5 Å². The number of anilines is 2. The fourth-order valence-corrected chi connectivity index (χ4v) is 4.30. The van der Waals surface area contributed by atoms with Crippen LogP contribution in [0.25, 0.3) is 22.0 Å². The van der Waals surface area contributed by atoms with E-state index >= 15 is 0 Å². The van der Waals surface area contributed by atoms with Gasteiger partial charge in [-0.1, -0.05) is 0 Å². The van der Waals surface area contributed by atoms with Crippen LogP contribution >= 0.6 is 0 Å². The quantitative estimate of drug-likeness (QED) is 0.427. The first-order valence-electron chi connectivity index (χ1n) is 11.2. The molecule has 174 valence electrons. The highest BCUT2D eigenvalue weighted by atomic mass is 16.5. The lowest BCUT2D eigenvalue weighted by atomic mass is 10.0. The number of nitrogens with zero attached hydrogens (tertiary/aromatic N) is 4. The van der Waals surface area contributed by atoms with Crippen LogP contribution in [0.4, 0.5) is 11.5 Å². The molecule has 1 amide bonds. The highest BCUT2D eigenvalue weighted by Crippen LogP contribution is 2.30. The Hall–Kier alpha value is -3.98. The maximum Gasteiger partial charge on any atom is 0.259 e. The first-order valence-corrected chi connectivity index (χ1v) is 11.2. The molecule has 4 aromatic rings. The van der Waals surface area contributed by atoms with E-state index in [4.69, 9.17) is 4.74 Å². The number of fused-ring (bicyclic) bond motifs is 1. The van der Waals surface area contributed by atoms with Crippen LogP contribution in [-0.4, -0.2) is 57.5 Å². The van der Waals surface area contributed by atoms with Gasteiger partial charge in [0.2, 0.25) is 5.88 Å². The smallest absolute Gasteiger partial charge is 0.259 e. The van der Waals surface area contributed by atoms with Crippen molar-refractivity contribution in [2.24, 2.45) is 0 Å². The SMILES string of the molecule is Cc1cc2nc(O)cc(C)c2cc1NC(=O)c1cc(-c2c[nH]nc2C)cnc1N1CCOCC1. The Morgan fingerprint density at radius 1 is 1.12 bits per heavy atom. The molecule has 1 aliphatic rings. The van der Waals surface area contributed by atoms with Crippen molar-refractivity contribution >= 4 is 28.3 Å². The van der Waals surface area contributed by atoms with Crippen molar-refractivity contribution in [3.63, 3.8) is 0 Å². The van der Waals surface area contributed by atoms with E-state index in [1.807, 2.05) is 39.0 Å². The van der Waals surface area contributed by atoms with Gasteiger partial charge >= 0.3 is 0 Å². The van der Waals surface area contributed by atoms with Crippen molar-refractivity contribution in [3.05, 3.63) is 59.0 Å². The molecule has 9 heteroatoms. The van der Waals surface area contributed by atoms with Gasteiger partial charge in [0.25, 0.3) is 5.91 Å². The van der Waals surface area contributed by atoms with Crippen molar-refractivity contribution in [3.8, 4) is 17.0 Å². The maximum absolute atomic E-state index is 13.6. The number of ether oxygens (including phenoxy) is 1. The molecule has 1 aromatic carbocycles. The van der Waals surface area contributed by atoms with E-state index in [0.29, 0.717) is 48.9 Å². The molecular weight excluding hydrogens is 432 g/mol. The van der Waals surface area contributed by atoms with Crippen LogP contribution in [0, 0.1) is 20.8 Å². The monoisotopic (exact) mass is 458 g/mol. The molecule has 0 unspecified atom stereocenters. The standard InChI is InChI=1S/C25H26N6O3/c1-14-9-23(32)28-22-8-15(2)21(11-18(14)22)29-25(33)19-10-17(20-13-27-30-16(20)3)12-26-24(19)31-4-6-34-7-5-31/h8-13H,4-7H2,1-3H3,(H,27,30)(H,28,32)(H,29,33). The van der Waals surface area contributed by atoms with E-state index < -0.39 is 0 Å². The second-order valence-electron chi connectivity index (χ2n) is 8.51. The summed E-state index contributed by atoms with van der Waals surface area (Å²) < 4.78 is 5.49. The summed E-state index contributed by atoms with van der Waals surface area (Å²) in [5.74, 6) is 0.365. The molecule has 5 rings (SSSR count). The van der Waals surface area contributed by atoms with Crippen LogP contribution < -0.4 is 10.2 Å². The predicted molar refractivity (Wildman–Crippen MR) is 130 cm³/mol. The highest BCUT2D eigenvalue weighted by Gasteiger charge is 2.22. The number of aryl methyl sites for hydroxylation is 3. The van der Waals surface area contributed by atoms with Gasteiger partial charge in [-0.25, -0.2) is 9.97 Å². The van der Waals surface area contributed by atoms with Crippen molar-refractivity contribution in [2.75, 3.05) is 36.5 Å². The van der Waals surface area contributed by atoms with E-state index in [9.17, 15) is 9.90 Å². The predicted octanol–water partition coefficient (Wildman–Crippen LogP) is 3.74. The minimum Gasteiger partial charge on any atom is -0.493 e. The lowest BCUT2D eigenvalue weighted by Crippen LogP contribution is -2.38. The molecule has 3 aromatic heterocycles. The van der Waals surface area contributed by atoms with Crippen molar-refractivity contribution in [1.82, 2.24) is 20.2 Å². The van der Waals surface area contributed by atoms with Crippen molar-refractivity contribution < 1.29 is 14.6 Å². The van der Waals surface area contributed by atoms with Crippen LogP contribution in [0.3, 0.4) is 0 Å². The van der Waals surface area contributed by atoms with Gasteiger partial charge in [0.05, 0.1) is 30.0 Å². The van der Waals surface area contributed by atoms with Crippen LogP contribution in [0.5, 0.6) is 5.88 Å². The van der Waals surface area contributed by atoms with Crippen molar-refractivity contribution in [2.45, 2.75) is 20.8 Å². The molecule has 0 atom stereocenters. The molecule has 0 radical (unpaired) electrons. The summed E-state index contributed by atoms with van der Waals surface area (Å²) in [5, 5.41) is 20.8. The number of amides is 1. The molecule has 1 aliphatic heterocycles. The number of hydrogen-bond acceptors (Lipinski definition) is 7.